The third kappa shape index (κ3) is 3.13. The summed E-state index contributed by atoms with van der Waals surface area (Å²) in [5.74, 6) is 0.0201. The normalized spacial score (nSPS) is 10.4. The van der Waals surface area contributed by atoms with Crippen molar-refractivity contribution >= 4 is 17.4 Å². The molecule has 1 N–H and O–H groups in total. The maximum atomic E-state index is 13.4. The van der Waals surface area contributed by atoms with E-state index in [0.29, 0.717) is 16.8 Å². The van der Waals surface area contributed by atoms with Crippen molar-refractivity contribution in [2.75, 3.05) is 5.32 Å². The van der Waals surface area contributed by atoms with Crippen molar-refractivity contribution in [1.29, 1.82) is 0 Å². The minimum atomic E-state index is -0.481. The molecule has 94 valence electrons. The summed E-state index contributed by atoms with van der Waals surface area (Å²) in [6.45, 7) is 1.82. The number of halogens is 3. The molecule has 0 amide bonds. The fourth-order valence-corrected chi connectivity index (χ4v) is 1.71. The molecule has 6 heteroatoms. The number of hydrogen-bond donors (Lipinski definition) is 1. The molecule has 0 spiro atoms. The van der Waals surface area contributed by atoms with Gasteiger partial charge in [0.2, 0.25) is 0 Å². The van der Waals surface area contributed by atoms with Crippen molar-refractivity contribution in [2.45, 2.75) is 13.5 Å². The first kappa shape index (κ1) is 12.7. The molecule has 0 aliphatic carbocycles. The van der Waals surface area contributed by atoms with Crippen molar-refractivity contribution in [3.8, 4) is 0 Å². The van der Waals surface area contributed by atoms with Gasteiger partial charge < -0.3 is 5.32 Å². The predicted octanol–water partition coefficient (Wildman–Crippen LogP) is 3.33. The first-order chi connectivity index (χ1) is 8.54. The number of rotatable bonds is 3. The Balaban J connectivity index is 2.13. The van der Waals surface area contributed by atoms with Gasteiger partial charge in [-0.1, -0.05) is 11.6 Å². The second kappa shape index (κ2) is 5.27. The number of aromatic nitrogens is 2. The molecule has 2 aromatic rings. The Labute approximate surface area is 108 Å². The maximum Gasteiger partial charge on any atom is 0.134 e. The van der Waals surface area contributed by atoms with E-state index in [2.05, 4.69) is 15.3 Å². The summed E-state index contributed by atoms with van der Waals surface area (Å²) in [4.78, 5) is 7.98. The molecule has 0 saturated carbocycles. The summed E-state index contributed by atoms with van der Waals surface area (Å²) in [6.07, 6.45) is 0. The van der Waals surface area contributed by atoms with Crippen molar-refractivity contribution in [2.24, 2.45) is 0 Å². The van der Waals surface area contributed by atoms with Gasteiger partial charge in [-0.3, -0.25) is 0 Å². The lowest BCUT2D eigenvalue weighted by Gasteiger charge is -2.07. The highest BCUT2D eigenvalue weighted by molar-refractivity contribution is 6.29. The van der Waals surface area contributed by atoms with Gasteiger partial charge in [-0.15, -0.1) is 0 Å². The van der Waals surface area contributed by atoms with Gasteiger partial charge >= 0.3 is 0 Å². The van der Waals surface area contributed by atoms with E-state index in [-0.39, 0.29) is 12.1 Å². The SMILES string of the molecule is Cc1nc(Cl)cc(NCc2cc(F)ccc2F)n1. The zero-order valence-electron chi connectivity index (χ0n) is 9.54. The van der Waals surface area contributed by atoms with Crippen LogP contribution >= 0.6 is 11.6 Å². The van der Waals surface area contributed by atoms with Gasteiger partial charge in [-0.2, -0.15) is 0 Å². The molecule has 0 radical (unpaired) electrons. The van der Waals surface area contributed by atoms with Crippen LogP contribution in [0.5, 0.6) is 0 Å². The number of anilines is 1. The van der Waals surface area contributed by atoms with Gasteiger partial charge in [0.15, 0.2) is 0 Å². The van der Waals surface area contributed by atoms with E-state index in [1.165, 1.54) is 6.07 Å². The Bertz CT molecular complexity index is 555. The highest BCUT2D eigenvalue weighted by atomic mass is 35.5. The number of benzene rings is 1. The van der Waals surface area contributed by atoms with Crippen molar-refractivity contribution in [1.82, 2.24) is 9.97 Å². The average molecular weight is 270 g/mol. The molecule has 1 aromatic heterocycles. The second-order valence-electron chi connectivity index (χ2n) is 3.71. The number of hydrogen-bond acceptors (Lipinski definition) is 3. The molecular weight excluding hydrogens is 260 g/mol. The summed E-state index contributed by atoms with van der Waals surface area (Å²) in [5, 5.41) is 3.16. The highest BCUT2D eigenvalue weighted by Gasteiger charge is 2.05. The van der Waals surface area contributed by atoms with E-state index in [4.69, 9.17) is 11.6 Å². The average Bonchev–Trinajstić information content (AvgIpc) is 2.29. The van der Waals surface area contributed by atoms with E-state index >= 15 is 0 Å². The summed E-state index contributed by atoms with van der Waals surface area (Å²) in [7, 11) is 0. The van der Waals surface area contributed by atoms with Gasteiger partial charge in [0.1, 0.15) is 28.4 Å². The molecule has 0 bridgehead atoms. The Morgan fingerprint density at radius 2 is 2.00 bits per heavy atom. The molecule has 0 unspecified atom stereocenters. The number of nitrogens with one attached hydrogen (secondary N) is 1. The minimum Gasteiger partial charge on any atom is -0.366 e. The van der Waals surface area contributed by atoms with E-state index < -0.39 is 11.6 Å². The third-order valence-corrected chi connectivity index (χ3v) is 2.47. The van der Waals surface area contributed by atoms with Crippen molar-refractivity contribution in [3.05, 3.63) is 52.4 Å². The second-order valence-corrected chi connectivity index (χ2v) is 4.10. The summed E-state index contributed by atoms with van der Waals surface area (Å²) < 4.78 is 26.3. The van der Waals surface area contributed by atoms with Crippen LogP contribution in [0.2, 0.25) is 5.15 Å². The quantitative estimate of drug-likeness (QED) is 0.869. The zero-order chi connectivity index (χ0) is 13.1. The van der Waals surface area contributed by atoms with E-state index in [1.807, 2.05) is 0 Å². The predicted molar refractivity (Wildman–Crippen MR) is 65.5 cm³/mol. The highest BCUT2D eigenvalue weighted by Crippen LogP contribution is 2.14. The molecule has 1 aromatic carbocycles. The van der Waals surface area contributed by atoms with E-state index in [9.17, 15) is 8.78 Å². The lowest BCUT2D eigenvalue weighted by Crippen LogP contribution is -2.05. The van der Waals surface area contributed by atoms with Crippen molar-refractivity contribution in [3.63, 3.8) is 0 Å². The molecule has 0 aliphatic heterocycles. The van der Waals surface area contributed by atoms with E-state index in [1.54, 1.807) is 6.92 Å². The van der Waals surface area contributed by atoms with E-state index in [0.717, 1.165) is 18.2 Å². The van der Waals surface area contributed by atoms with Crippen LogP contribution in [0.25, 0.3) is 0 Å². The minimum absolute atomic E-state index is 0.121. The fourth-order valence-electron chi connectivity index (χ4n) is 1.49. The van der Waals surface area contributed by atoms with Gasteiger partial charge in [0.25, 0.3) is 0 Å². The number of nitrogens with zero attached hydrogens (tertiary/aromatic N) is 2. The monoisotopic (exact) mass is 269 g/mol. The molecule has 0 aliphatic rings. The molecule has 2 rings (SSSR count). The first-order valence-electron chi connectivity index (χ1n) is 5.23. The summed E-state index contributed by atoms with van der Waals surface area (Å²) in [6, 6.07) is 4.82. The molecule has 3 nitrogen and oxygen atoms in total. The Morgan fingerprint density at radius 1 is 1.22 bits per heavy atom. The molecule has 18 heavy (non-hydrogen) atoms. The largest absolute Gasteiger partial charge is 0.366 e. The van der Waals surface area contributed by atoms with Gasteiger partial charge in [0, 0.05) is 18.2 Å². The molecule has 0 atom stereocenters. The maximum absolute atomic E-state index is 13.4. The van der Waals surface area contributed by atoms with Crippen LogP contribution in [0.15, 0.2) is 24.3 Å². The van der Waals surface area contributed by atoms with Crippen molar-refractivity contribution < 1.29 is 8.78 Å². The third-order valence-electron chi connectivity index (χ3n) is 2.27. The van der Waals surface area contributed by atoms with Gasteiger partial charge in [-0.05, 0) is 25.1 Å². The fraction of sp³-hybridized carbons (Fsp3) is 0.167. The van der Waals surface area contributed by atoms with Crippen LogP contribution in [0, 0.1) is 18.6 Å². The zero-order valence-corrected chi connectivity index (χ0v) is 10.3. The van der Waals surface area contributed by atoms with Gasteiger partial charge in [-0.25, -0.2) is 18.7 Å². The smallest absolute Gasteiger partial charge is 0.134 e. The van der Waals surface area contributed by atoms with Crippen LogP contribution < -0.4 is 5.32 Å². The lowest BCUT2D eigenvalue weighted by molar-refractivity contribution is 0.587. The number of aryl methyl sites for hydroxylation is 1. The molecular formula is C12H10ClF2N3. The van der Waals surface area contributed by atoms with Crippen LogP contribution in [0.4, 0.5) is 14.6 Å². The Morgan fingerprint density at radius 3 is 2.72 bits per heavy atom. The standard InChI is InChI=1S/C12H10ClF2N3/c1-7-17-11(13)5-12(18-7)16-6-8-4-9(14)2-3-10(8)15/h2-5H,6H2,1H3,(H,16,17,18). The molecule has 0 saturated heterocycles. The van der Waals surface area contributed by atoms with Gasteiger partial charge in [0.05, 0.1) is 0 Å². The lowest BCUT2D eigenvalue weighted by atomic mass is 10.2. The van der Waals surface area contributed by atoms with Crippen LogP contribution in [-0.4, -0.2) is 9.97 Å². The topological polar surface area (TPSA) is 37.8 Å². The Kier molecular flexibility index (Phi) is 3.72. The first-order valence-corrected chi connectivity index (χ1v) is 5.61. The van der Waals surface area contributed by atoms with Crippen LogP contribution in [0.3, 0.4) is 0 Å². The van der Waals surface area contributed by atoms with Crippen LogP contribution in [-0.2, 0) is 6.54 Å². The Hall–Kier alpha value is -1.75. The molecule has 1 heterocycles. The van der Waals surface area contributed by atoms with Crippen LogP contribution in [0.1, 0.15) is 11.4 Å². The summed E-state index contributed by atoms with van der Waals surface area (Å²) in [5.41, 5.74) is 0.224. The summed E-state index contributed by atoms with van der Waals surface area (Å²) >= 11 is 5.76. The molecule has 0 fully saturated rings.